The second kappa shape index (κ2) is 3.25. The third-order valence-corrected chi connectivity index (χ3v) is 1.36. The Morgan fingerprint density at radius 1 is 1.20 bits per heavy atom. The van der Waals surface area contributed by atoms with Crippen molar-refractivity contribution in [1.82, 2.24) is 0 Å². The molecule has 0 amide bonds. The molecule has 0 heterocycles. The van der Waals surface area contributed by atoms with Crippen LogP contribution in [0.25, 0.3) is 0 Å². The zero-order valence-electron chi connectivity index (χ0n) is 5.68. The average Bonchev–Trinajstić information content (AvgIpc) is 1.80. The largest absolute Gasteiger partial charge is 0.508 e. The van der Waals surface area contributed by atoms with Gasteiger partial charge in [0.2, 0.25) is 0 Å². The van der Waals surface area contributed by atoms with E-state index in [9.17, 15) is 0 Å². The van der Waals surface area contributed by atoms with Crippen LogP contribution < -0.4 is 0 Å². The lowest BCUT2D eigenvalue weighted by molar-refractivity contribution is 0.470. The summed E-state index contributed by atoms with van der Waals surface area (Å²) in [5.41, 5.74) is 2.03. The summed E-state index contributed by atoms with van der Waals surface area (Å²) in [6.07, 6.45) is 0. The van der Waals surface area contributed by atoms with Crippen LogP contribution in [0.3, 0.4) is 0 Å². The van der Waals surface area contributed by atoms with Crippen molar-refractivity contribution in [2.45, 2.75) is 21.3 Å². The van der Waals surface area contributed by atoms with Crippen molar-refractivity contribution in [1.29, 1.82) is 0 Å². The summed E-state index contributed by atoms with van der Waals surface area (Å²) in [5.74, 6) is 0.384. The van der Waals surface area contributed by atoms with Crippen molar-refractivity contribution in [3.63, 3.8) is 0 Å². The Kier molecular flexibility index (Phi) is 2.94. The third kappa shape index (κ3) is 1.76. The minimum atomic E-state index is 0. The van der Waals surface area contributed by atoms with Crippen LogP contribution in [0.1, 0.15) is 18.6 Å². The van der Waals surface area contributed by atoms with Gasteiger partial charge >= 0.3 is 0 Å². The van der Waals surface area contributed by atoms with Gasteiger partial charge in [0.25, 0.3) is 0 Å². The van der Waals surface area contributed by atoms with Crippen LogP contribution in [0.4, 0.5) is 0 Å². The second-order valence-corrected chi connectivity index (χ2v) is 2.29. The molecule has 1 N–H and O–H groups in total. The molecule has 0 unspecified atom stereocenters. The third-order valence-electron chi connectivity index (χ3n) is 1.36. The molecule has 1 aromatic carbocycles. The fourth-order valence-corrected chi connectivity index (χ4v) is 0.719. The first kappa shape index (κ1) is 9.02. The van der Waals surface area contributed by atoms with E-state index in [1.165, 1.54) is 0 Å². The van der Waals surface area contributed by atoms with Crippen molar-refractivity contribution in [3.05, 3.63) is 29.3 Å². The Balaban J connectivity index is 0.000000810. The van der Waals surface area contributed by atoms with E-state index < -0.39 is 0 Å². The molecule has 1 aromatic rings. The Morgan fingerprint density at radius 3 is 2.20 bits per heavy atom. The second-order valence-electron chi connectivity index (χ2n) is 2.29. The van der Waals surface area contributed by atoms with Gasteiger partial charge in [-0.3, -0.25) is 0 Å². The fraction of sp³-hybridized carbons (Fsp3) is 0.333. The Morgan fingerprint density at radius 2 is 1.80 bits per heavy atom. The first-order chi connectivity index (χ1) is 4.20. The van der Waals surface area contributed by atoms with E-state index in [0.717, 1.165) is 11.1 Å². The monoisotopic (exact) mass is 138 g/mol. The van der Waals surface area contributed by atoms with Crippen LogP contribution in [0, 0.1) is 13.8 Å². The zero-order valence-corrected chi connectivity index (χ0v) is 5.68. The number of rotatable bonds is 0. The summed E-state index contributed by atoms with van der Waals surface area (Å²) < 4.78 is 0. The highest BCUT2D eigenvalue weighted by atomic mass is 16.3. The van der Waals surface area contributed by atoms with E-state index >= 15 is 0 Å². The lowest BCUT2D eigenvalue weighted by atomic mass is 10.1. The van der Waals surface area contributed by atoms with Crippen LogP contribution in [-0.2, 0) is 0 Å². The SMILES string of the molecule is C.Cc1ccc(C)c(O)c1. The lowest BCUT2D eigenvalue weighted by Crippen LogP contribution is -1.74. The highest BCUT2D eigenvalue weighted by Crippen LogP contribution is 2.15. The molecule has 0 atom stereocenters. The summed E-state index contributed by atoms with van der Waals surface area (Å²) >= 11 is 0. The fourth-order valence-electron chi connectivity index (χ4n) is 0.719. The van der Waals surface area contributed by atoms with Crippen LogP contribution in [0.15, 0.2) is 18.2 Å². The van der Waals surface area contributed by atoms with Crippen molar-refractivity contribution in [2.75, 3.05) is 0 Å². The molecular formula is C9H14O. The van der Waals surface area contributed by atoms with Crippen molar-refractivity contribution < 1.29 is 5.11 Å². The topological polar surface area (TPSA) is 20.2 Å². The van der Waals surface area contributed by atoms with Crippen LogP contribution >= 0.6 is 0 Å². The number of hydrogen-bond acceptors (Lipinski definition) is 1. The molecule has 0 saturated carbocycles. The number of hydrogen-bond donors (Lipinski definition) is 1. The first-order valence-corrected chi connectivity index (χ1v) is 2.96. The van der Waals surface area contributed by atoms with Gasteiger partial charge in [0.15, 0.2) is 0 Å². The molecule has 0 aliphatic rings. The molecule has 1 heteroatoms. The van der Waals surface area contributed by atoms with Gasteiger partial charge in [-0.1, -0.05) is 19.6 Å². The number of phenolic OH excluding ortho intramolecular Hbond substituents is 1. The normalized spacial score (nSPS) is 8.60. The van der Waals surface area contributed by atoms with Crippen LogP contribution in [0.2, 0.25) is 0 Å². The average molecular weight is 138 g/mol. The number of aromatic hydroxyl groups is 1. The summed E-state index contributed by atoms with van der Waals surface area (Å²) in [7, 11) is 0. The lowest BCUT2D eigenvalue weighted by Gasteiger charge is -1.97. The molecule has 1 nitrogen and oxygen atoms in total. The van der Waals surface area contributed by atoms with Crippen LogP contribution in [0.5, 0.6) is 5.75 Å². The predicted octanol–water partition coefficient (Wildman–Crippen LogP) is 2.65. The van der Waals surface area contributed by atoms with Gasteiger partial charge in [-0.2, -0.15) is 0 Å². The first-order valence-electron chi connectivity index (χ1n) is 2.96. The van der Waals surface area contributed by atoms with E-state index in [1.807, 2.05) is 26.0 Å². The maximum atomic E-state index is 9.10. The molecule has 56 valence electrons. The van der Waals surface area contributed by atoms with Gasteiger partial charge in [0.1, 0.15) is 5.75 Å². The molecule has 0 radical (unpaired) electrons. The summed E-state index contributed by atoms with van der Waals surface area (Å²) in [4.78, 5) is 0. The van der Waals surface area contributed by atoms with Crippen molar-refractivity contribution in [3.8, 4) is 5.75 Å². The molecule has 1 rings (SSSR count). The molecule has 0 aliphatic heterocycles. The number of benzene rings is 1. The van der Waals surface area contributed by atoms with Gasteiger partial charge in [-0.15, -0.1) is 0 Å². The minimum absolute atomic E-state index is 0. The van der Waals surface area contributed by atoms with E-state index in [1.54, 1.807) is 6.07 Å². The molecule has 0 bridgehead atoms. The molecular weight excluding hydrogens is 124 g/mol. The number of phenols is 1. The Labute approximate surface area is 62.3 Å². The molecule has 0 aliphatic carbocycles. The van der Waals surface area contributed by atoms with E-state index in [-0.39, 0.29) is 7.43 Å². The Bertz CT molecular complexity index is 216. The maximum absolute atomic E-state index is 9.10. The van der Waals surface area contributed by atoms with Gasteiger partial charge in [-0.25, -0.2) is 0 Å². The van der Waals surface area contributed by atoms with Gasteiger partial charge in [0, 0.05) is 0 Å². The smallest absolute Gasteiger partial charge is 0.118 e. The highest BCUT2D eigenvalue weighted by Gasteiger charge is 1.91. The quantitative estimate of drug-likeness (QED) is 0.584. The van der Waals surface area contributed by atoms with Gasteiger partial charge in [-0.05, 0) is 31.0 Å². The minimum Gasteiger partial charge on any atom is -0.508 e. The van der Waals surface area contributed by atoms with E-state index in [4.69, 9.17) is 5.11 Å². The summed E-state index contributed by atoms with van der Waals surface area (Å²) in [6.45, 7) is 3.84. The summed E-state index contributed by atoms with van der Waals surface area (Å²) in [6, 6.07) is 5.65. The predicted molar refractivity (Wildman–Crippen MR) is 44.3 cm³/mol. The molecule has 0 aromatic heterocycles. The van der Waals surface area contributed by atoms with Crippen molar-refractivity contribution >= 4 is 0 Å². The Hall–Kier alpha value is -0.980. The van der Waals surface area contributed by atoms with E-state index in [2.05, 4.69) is 0 Å². The molecule has 0 spiro atoms. The maximum Gasteiger partial charge on any atom is 0.118 e. The molecule has 0 saturated heterocycles. The highest BCUT2D eigenvalue weighted by molar-refractivity contribution is 5.34. The van der Waals surface area contributed by atoms with Crippen LogP contribution in [-0.4, -0.2) is 5.11 Å². The summed E-state index contributed by atoms with van der Waals surface area (Å²) in [5, 5.41) is 9.10. The van der Waals surface area contributed by atoms with Crippen molar-refractivity contribution in [2.24, 2.45) is 0 Å². The molecule has 0 fully saturated rings. The molecule has 10 heavy (non-hydrogen) atoms. The van der Waals surface area contributed by atoms with Gasteiger partial charge in [0.05, 0.1) is 0 Å². The number of aryl methyl sites for hydroxylation is 2. The zero-order chi connectivity index (χ0) is 6.85. The van der Waals surface area contributed by atoms with E-state index in [0.29, 0.717) is 5.75 Å². The van der Waals surface area contributed by atoms with Gasteiger partial charge < -0.3 is 5.11 Å². The standard InChI is InChI=1S/C8H10O.CH4/c1-6-3-4-7(2)8(9)5-6;/h3-5,9H,1-2H3;1H4.